The number of nitrogens with two attached hydrogens (primary N) is 1. The molecule has 0 saturated carbocycles. The molecule has 5 rings (SSSR count). The van der Waals surface area contributed by atoms with Crippen molar-refractivity contribution in [2.24, 2.45) is 5.14 Å². The van der Waals surface area contributed by atoms with Crippen molar-refractivity contribution < 1.29 is 13.2 Å². The third-order valence-corrected chi connectivity index (χ3v) is 9.07. The van der Waals surface area contributed by atoms with Crippen LogP contribution in [0.15, 0.2) is 64.3 Å². The van der Waals surface area contributed by atoms with Gasteiger partial charge in [0.25, 0.3) is 0 Å². The molecule has 2 aromatic heterocycles. The van der Waals surface area contributed by atoms with Gasteiger partial charge in [-0.05, 0) is 42.7 Å². The average molecular weight is 512 g/mol. The molecule has 2 aromatic carbocycles. The molecule has 0 atom stereocenters. The Balaban J connectivity index is 1.39. The van der Waals surface area contributed by atoms with Crippen molar-refractivity contribution in [1.29, 1.82) is 0 Å². The van der Waals surface area contributed by atoms with E-state index in [4.69, 9.17) is 5.14 Å². The van der Waals surface area contributed by atoms with Crippen molar-refractivity contribution in [2.75, 3.05) is 22.9 Å². The van der Waals surface area contributed by atoms with Crippen molar-refractivity contribution in [3.63, 3.8) is 0 Å². The van der Waals surface area contributed by atoms with Gasteiger partial charge in [-0.3, -0.25) is 9.80 Å². The van der Waals surface area contributed by atoms with Crippen molar-refractivity contribution in [2.45, 2.75) is 17.6 Å². The van der Waals surface area contributed by atoms with Crippen LogP contribution in [0.4, 0.5) is 15.6 Å². The highest BCUT2D eigenvalue weighted by molar-refractivity contribution is 7.91. The van der Waals surface area contributed by atoms with Crippen molar-refractivity contribution in [3.05, 3.63) is 65.8 Å². The number of amides is 2. The fraction of sp³-hybridized carbons (Fsp3) is 0.174. The van der Waals surface area contributed by atoms with E-state index in [0.29, 0.717) is 23.9 Å². The molecule has 34 heavy (non-hydrogen) atoms. The first kappa shape index (κ1) is 22.7. The van der Waals surface area contributed by atoms with Gasteiger partial charge >= 0.3 is 6.03 Å². The predicted octanol–water partition coefficient (Wildman–Crippen LogP) is 4.73. The van der Waals surface area contributed by atoms with Gasteiger partial charge in [0.1, 0.15) is 5.01 Å². The summed E-state index contributed by atoms with van der Waals surface area (Å²) >= 11 is 2.52. The van der Waals surface area contributed by atoms with Crippen LogP contribution in [0, 0.1) is 6.92 Å². The topological polar surface area (TPSA) is 109 Å². The summed E-state index contributed by atoms with van der Waals surface area (Å²) in [6, 6.07) is 15.8. The van der Waals surface area contributed by atoms with Crippen molar-refractivity contribution in [1.82, 2.24) is 9.97 Å². The first-order chi connectivity index (χ1) is 16.3. The number of nitrogens with zero attached hydrogens (tertiary/aromatic N) is 4. The molecule has 3 heterocycles. The van der Waals surface area contributed by atoms with E-state index >= 15 is 0 Å². The molecule has 0 bridgehead atoms. The molecule has 0 spiro atoms. The van der Waals surface area contributed by atoms with E-state index < -0.39 is 10.0 Å². The zero-order chi connectivity index (χ0) is 23.9. The van der Waals surface area contributed by atoms with Crippen LogP contribution >= 0.6 is 22.7 Å². The first-order valence-electron chi connectivity index (χ1n) is 10.5. The third-order valence-electron chi connectivity index (χ3n) is 5.51. The summed E-state index contributed by atoms with van der Waals surface area (Å²) in [7, 11) is -3.88. The van der Waals surface area contributed by atoms with E-state index in [-0.39, 0.29) is 10.2 Å². The summed E-state index contributed by atoms with van der Waals surface area (Å²) < 4.78 is 23.6. The molecule has 0 radical (unpaired) electrons. The number of primary sulfonamides is 1. The lowest BCUT2D eigenvalue weighted by Gasteiger charge is -2.34. The molecule has 8 nitrogen and oxygen atoms in total. The summed E-state index contributed by atoms with van der Waals surface area (Å²) in [4.78, 5) is 25.1. The SMILES string of the molecule is Cc1nc(N2CCCN(c3ccc(-c4cccc(-c5nccs5)c4)cc3)C2=O)sc1S(N)(=O)=O. The number of benzene rings is 2. The van der Waals surface area contributed by atoms with E-state index in [9.17, 15) is 13.2 Å². The quantitative estimate of drug-likeness (QED) is 0.417. The number of carbonyl (C=O) groups is 1. The van der Waals surface area contributed by atoms with E-state index in [1.807, 2.05) is 47.8 Å². The zero-order valence-electron chi connectivity index (χ0n) is 18.2. The minimum Gasteiger partial charge on any atom is -0.294 e. The maximum absolute atomic E-state index is 13.3. The number of urea groups is 1. The smallest absolute Gasteiger partial charge is 0.294 e. The Kier molecular flexibility index (Phi) is 5.94. The van der Waals surface area contributed by atoms with Gasteiger partial charge in [-0.15, -0.1) is 11.3 Å². The van der Waals surface area contributed by atoms with Gasteiger partial charge in [0.05, 0.1) is 5.69 Å². The van der Waals surface area contributed by atoms with E-state index in [2.05, 4.69) is 16.0 Å². The Morgan fingerprint density at radius 1 is 1.00 bits per heavy atom. The standard InChI is InChI=1S/C23H21N5O3S3/c1-15-21(34(24,30)31)33-22(26-15)28-12-3-11-27(23(28)29)19-8-6-16(7-9-19)17-4-2-5-18(14-17)20-25-10-13-32-20/h2,4-10,13-14H,3,11-12H2,1H3,(H2,24,30,31). The van der Waals surface area contributed by atoms with Crippen LogP contribution in [0.1, 0.15) is 12.1 Å². The van der Waals surface area contributed by atoms with Crippen LogP contribution in [0.2, 0.25) is 0 Å². The second-order valence-corrected chi connectivity index (χ2v) is 11.4. The van der Waals surface area contributed by atoms with Gasteiger partial charge in [0.15, 0.2) is 9.34 Å². The summed E-state index contributed by atoms with van der Waals surface area (Å²) in [5.41, 5.74) is 4.25. The van der Waals surface area contributed by atoms with Gasteiger partial charge in [0.2, 0.25) is 10.0 Å². The summed E-state index contributed by atoms with van der Waals surface area (Å²) in [5, 5.41) is 8.55. The molecule has 2 amide bonds. The number of hydrogen-bond donors (Lipinski definition) is 1. The number of anilines is 2. The molecule has 1 aliphatic heterocycles. The molecule has 1 aliphatic rings. The minimum absolute atomic E-state index is 0.0169. The molecule has 0 aliphatic carbocycles. The molecular formula is C23H21N5O3S3. The number of carbonyl (C=O) groups excluding carboxylic acids is 1. The zero-order valence-corrected chi connectivity index (χ0v) is 20.7. The number of hydrogen-bond acceptors (Lipinski definition) is 7. The van der Waals surface area contributed by atoms with Gasteiger partial charge < -0.3 is 0 Å². The van der Waals surface area contributed by atoms with Crippen molar-refractivity contribution >= 4 is 49.5 Å². The predicted molar refractivity (Wildman–Crippen MR) is 136 cm³/mol. The van der Waals surface area contributed by atoms with Crippen LogP contribution in [0.25, 0.3) is 21.7 Å². The monoisotopic (exact) mass is 511 g/mol. The summed E-state index contributed by atoms with van der Waals surface area (Å²) in [6.45, 7) is 2.61. The van der Waals surface area contributed by atoms with Gasteiger partial charge in [0, 0.05) is 35.9 Å². The molecule has 2 N–H and O–H groups in total. The Labute approximate surface area is 205 Å². The van der Waals surface area contributed by atoms with Crippen LogP contribution in [0.3, 0.4) is 0 Å². The fourth-order valence-corrected chi connectivity index (χ4v) is 6.52. The third kappa shape index (κ3) is 4.34. The van der Waals surface area contributed by atoms with Crippen LogP contribution in [-0.2, 0) is 10.0 Å². The fourth-order valence-electron chi connectivity index (χ4n) is 3.92. The van der Waals surface area contributed by atoms with Crippen molar-refractivity contribution in [3.8, 4) is 21.7 Å². The van der Waals surface area contributed by atoms with Crippen LogP contribution in [-0.4, -0.2) is 37.5 Å². The lowest BCUT2D eigenvalue weighted by atomic mass is 10.0. The lowest BCUT2D eigenvalue weighted by molar-refractivity contribution is 0.248. The Bertz CT molecular complexity index is 1450. The molecular weight excluding hydrogens is 490 g/mol. The Hall–Kier alpha value is -3.12. The second kappa shape index (κ2) is 8.91. The highest BCUT2D eigenvalue weighted by Gasteiger charge is 2.31. The molecule has 1 fully saturated rings. The van der Waals surface area contributed by atoms with Gasteiger partial charge in [-0.2, -0.15) is 0 Å². The highest BCUT2D eigenvalue weighted by Crippen LogP contribution is 2.33. The minimum atomic E-state index is -3.88. The van der Waals surface area contributed by atoms with E-state index in [1.54, 1.807) is 29.4 Å². The molecule has 0 unspecified atom stereocenters. The lowest BCUT2D eigenvalue weighted by Crippen LogP contribution is -2.49. The number of sulfonamides is 1. The summed E-state index contributed by atoms with van der Waals surface area (Å²) in [5.74, 6) is 0. The van der Waals surface area contributed by atoms with E-state index in [0.717, 1.165) is 45.1 Å². The van der Waals surface area contributed by atoms with Crippen LogP contribution in [0.5, 0.6) is 0 Å². The average Bonchev–Trinajstić information content (AvgIpc) is 3.50. The summed E-state index contributed by atoms with van der Waals surface area (Å²) in [6.07, 6.45) is 2.52. The maximum Gasteiger partial charge on any atom is 0.330 e. The largest absolute Gasteiger partial charge is 0.330 e. The maximum atomic E-state index is 13.3. The van der Waals surface area contributed by atoms with Gasteiger partial charge in [-0.1, -0.05) is 41.7 Å². The molecule has 4 aromatic rings. The molecule has 174 valence electrons. The normalized spacial score (nSPS) is 14.6. The number of aromatic nitrogens is 2. The Morgan fingerprint density at radius 2 is 1.74 bits per heavy atom. The second-order valence-electron chi connectivity index (χ2n) is 7.82. The number of rotatable bonds is 5. The van der Waals surface area contributed by atoms with E-state index in [1.165, 1.54) is 4.90 Å². The van der Waals surface area contributed by atoms with Crippen LogP contribution < -0.4 is 14.9 Å². The number of aryl methyl sites for hydroxylation is 1. The first-order valence-corrected chi connectivity index (χ1v) is 13.7. The molecule has 1 saturated heterocycles. The molecule has 11 heteroatoms. The van der Waals surface area contributed by atoms with Gasteiger partial charge in [-0.25, -0.2) is 28.3 Å². The number of thiazole rings is 2. The Morgan fingerprint density at radius 3 is 2.41 bits per heavy atom. The highest BCUT2D eigenvalue weighted by atomic mass is 32.2.